The molecule has 1 heterocycles. The minimum absolute atomic E-state index is 0. The fraction of sp³-hybridized carbons (Fsp3) is 0.240. The van der Waals surface area contributed by atoms with Gasteiger partial charge in [0.2, 0.25) is 0 Å². The Bertz CT molecular complexity index is 1430. The van der Waals surface area contributed by atoms with Crippen molar-refractivity contribution >= 4 is 51.9 Å². The van der Waals surface area contributed by atoms with Crippen LogP contribution in [0.15, 0.2) is 47.1 Å². The third-order valence-corrected chi connectivity index (χ3v) is 6.81. The first kappa shape index (κ1) is 30.0. The summed E-state index contributed by atoms with van der Waals surface area (Å²) in [5.74, 6) is 0.408. The molecule has 0 aliphatic carbocycles. The zero-order valence-electron chi connectivity index (χ0n) is 19.9. The number of ether oxygens (including phenoxy) is 1. The van der Waals surface area contributed by atoms with E-state index in [1.807, 2.05) is 22.8 Å². The predicted molar refractivity (Wildman–Crippen MR) is 134 cm³/mol. The molecular weight excluding hydrogens is 556 g/mol. The Balaban J connectivity index is 0.00000456. The van der Waals surface area contributed by atoms with Gasteiger partial charge in [0.1, 0.15) is 19.1 Å². The molecule has 1 unspecified atom stereocenters. The number of nitrogens with zero attached hydrogens (tertiary/aromatic N) is 3. The average Bonchev–Trinajstić information content (AvgIpc) is 3.17. The minimum atomic E-state index is -4.36. The fourth-order valence-corrected chi connectivity index (χ4v) is 4.68. The summed E-state index contributed by atoms with van der Waals surface area (Å²) >= 11 is 3.47. The van der Waals surface area contributed by atoms with Gasteiger partial charge in [0, 0.05) is 58.2 Å². The topological polar surface area (TPSA) is 139 Å². The quantitative estimate of drug-likeness (QED) is 0.219. The molecule has 0 fully saturated rings. The van der Waals surface area contributed by atoms with Crippen LogP contribution in [0.25, 0.3) is 22.6 Å². The molecule has 0 aliphatic rings. The maximum Gasteiger partial charge on any atom is 1.00 e. The number of ketones is 1. The van der Waals surface area contributed by atoms with Crippen LogP contribution in [0, 0.1) is 22.7 Å². The van der Waals surface area contributed by atoms with Gasteiger partial charge in [-0.15, -0.1) is 0 Å². The number of methoxy groups -OCH3 is 1. The molecule has 0 saturated carbocycles. The van der Waals surface area contributed by atoms with Crippen molar-refractivity contribution < 1.29 is 53.4 Å². The number of fused-ring (bicyclic) bond motifs is 1. The van der Waals surface area contributed by atoms with Crippen molar-refractivity contribution in [3.63, 3.8) is 0 Å². The van der Waals surface area contributed by atoms with Gasteiger partial charge in [0.05, 0.1) is 30.4 Å². The number of hydrogen-bond donors (Lipinski definition) is 1. The van der Waals surface area contributed by atoms with Crippen LogP contribution < -0.4 is 39.2 Å². The molecule has 36 heavy (non-hydrogen) atoms. The van der Waals surface area contributed by atoms with Gasteiger partial charge < -0.3 is 23.7 Å². The summed E-state index contributed by atoms with van der Waals surface area (Å²) in [5, 5.41) is 20.0. The van der Waals surface area contributed by atoms with E-state index in [0.29, 0.717) is 34.6 Å². The second-order valence-corrected chi connectivity index (χ2v) is 10.5. The zero-order valence-corrected chi connectivity index (χ0v) is 24.4. The number of Topliss-reactive ketones (excluding diaryl/α,β-unsaturated/α-hetero) is 1. The van der Waals surface area contributed by atoms with E-state index in [4.69, 9.17) is 9.63 Å². The fourth-order valence-electron chi connectivity index (χ4n) is 3.76. The molecule has 180 valence electrons. The van der Waals surface area contributed by atoms with E-state index in [9.17, 15) is 24.8 Å². The molecule has 0 aliphatic heterocycles. The van der Waals surface area contributed by atoms with Crippen LogP contribution in [0.2, 0.25) is 0 Å². The Morgan fingerprint density at radius 1 is 1.25 bits per heavy atom. The molecule has 3 rings (SSSR count). The van der Waals surface area contributed by atoms with Crippen molar-refractivity contribution in [2.24, 2.45) is 0 Å². The van der Waals surface area contributed by atoms with Crippen LogP contribution in [-0.4, -0.2) is 28.5 Å². The van der Waals surface area contributed by atoms with E-state index in [2.05, 4.69) is 28.1 Å². The number of carbonyl (C=O) groups excluding carboxylic acids is 1. The summed E-state index contributed by atoms with van der Waals surface area (Å²) in [6.45, 7) is 0.344. The molecule has 0 radical (unpaired) electrons. The number of allylic oxidation sites excluding steroid dienone is 1. The van der Waals surface area contributed by atoms with Crippen molar-refractivity contribution in [3.8, 4) is 17.9 Å². The van der Waals surface area contributed by atoms with E-state index >= 15 is 0 Å². The molecule has 1 aromatic heterocycles. The van der Waals surface area contributed by atoms with Crippen LogP contribution >= 0.6 is 23.5 Å². The first-order valence-electron chi connectivity index (χ1n) is 10.7. The number of aromatic nitrogens is 1. The minimum Gasteiger partial charge on any atom is -0.779 e. The summed E-state index contributed by atoms with van der Waals surface area (Å²) in [4.78, 5) is 32.0. The number of rotatable bonds is 10. The largest absolute Gasteiger partial charge is 1.00 e. The Kier molecular flexibility index (Phi) is 11.2. The molecule has 8 nitrogen and oxygen atoms in total. The van der Waals surface area contributed by atoms with Crippen LogP contribution in [0.3, 0.4) is 0 Å². The second-order valence-electron chi connectivity index (χ2n) is 7.89. The van der Waals surface area contributed by atoms with Crippen molar-refractivity contribution in [1.29, 1.82) is 10.5 Å². The molecule has 11 heteroatoms. The number of hydrogen-bond acceptors (Lipinski definition) is 6. The summed E-state index contributed by atoms with van der Waals surface area (Å²) in [6, 6.07) is 14.9. The molecule has 0 bridgehead atoms. The van der Waals surface area contributed by atoms with E-state index < -0.39 is 13.8 Å². The average molecular weight is 578 g/mol. The van der Waals surface area contributed by atoms with Gasteiger partial charge in [-0.2, -0.15) is 10.5 Å². The van der Waals surface area contributed by atoms with Crippen molar-refractivity contribution in [3.05, 3.63) is 63.8 Å². The number of benzene rings is 2. The first-order valence-corrected chi connectivity index (χ1v) is 13.2. The van der Waals surface area contributed by atoms with Gasteiger partial charge in [0.25, 0.3) is 0 Å². The Morgan fingerprint density at radius 2 is 2.00 bits per heavy atom. The molecule has 2 aromatic carbocycles. The Hall–Kier alpha value is -2.20. The first-order chi connectivity index (χ1) is 16.6. The van der Waals surface area contributed by atoms with Crippen LogP contribution in [-0.2, 0) is 15.9 Å². The third-order valence-electron chi connectivity index (χ3n) is 5.44. The van der Waals surface area contributed by atoms with Crippen molar-refractivity contribution in [2.75, 3.05) is 13.3 Å². The zero-order chi connectivity index (χ0) is 25.6. The van der Waals surface area contributed by atoms with Crippen LogP contribution in [0.1, 0.15) is 36.0 Å². The van der Waals surface area contributed by atoms with Gasteiger partial charge in [-0.1, -0.05) is 15.9 Å². The SMILES string of the molecule is COc1ccc(C#N)cc1/C=C(\C#N)c1cn(CCC(=O)CCCP(=O)([O-])O)c2ccc(Br)cc12.[Na+]. The van der Waals surface area contributed by atoms with E-state index in [-0.39, 0.29) is 54.6 Å². The summed E-state index contributed by atoms with van der Waals surface area (Å²) in [7, 11) is -2.85. The van der Waals surface area contributed by atoms with E-state index in [1.54, 1.807) is 30.5 Å². The summed E-state index contributed by atoms with van der Waals surface area (Å²) in [5.41, 5.74) is 2.88. The maximum absolute atomic E-state index is 12.3. The van der Waals surface area contributed by atoms with Gasteiger partial charge in [0.15, 0.2) is 0 Å². The Morgan fingerprint density at radius 3 is 2.64 bits per heavy atom. The monoisotopic (exact) mass is 577 g/mol. The van der Waals surface area contributed by atoms with Crippen molar-refractivity contribution in [1.82, 2.24) is 4.57 Å². The summed E-state index contributed by atoms with van der Waals surface area (Å²) < 4.78 is 19.0. The molecule has 1 N–H and O–H groups in total. The van der Waals surface area contributed by atoms with Gasteiger partial charge >= 0.3 is 29.6 Å². The smallest absolute Gasteiger partial charge is 0.779 e. The Labute approximate surface area is 239 Å². The molecular formula is C25H22BrN3NaO5P. The van der Waals surface area contributed by atoms with Crippen molar-refractivity contribution in [2.45, 2.75) is 25.8 Å². The standard InChI is InChI=1S/C25H23BrN3O5P.Na/c1-34-25-7-4-17(14-27)11-18(25)12-19(15-28)23-16-29(24-6-5-20(26)13-22(23)24)9-8-21(30)3-2-10-35(31,32)33;/h4-7,11-13,16H,2-3,8-10H2,1H3,(H2,31,32,33);/q;+1/p-1/b19-12+;. The normalized spacial score (nSPS) is 12.8. The summed E-state index contributed by atoms with van der Waals surface area (Å²) in [6.07, 6.45) is 3.36. The number of aryl methyl sites for hydroxylation is 1. The number of nitriles is 2. The van der Waals surface area contributed by atoms with E-state index in [0.717, 1.165) is 15.4 Å². The van der Waals surface area contributed by atoms with E-state index in [1.165, 1.54) is 7.11 Å². The van der Waals surface area contributed by atoms with Crippen LogP contribution in [0.4, 0.5) is 0 Å². The van der Waals surface area contributed by atoms with Crippen LogP contribution in [0.5, 0.6) is 5.75 Å². The molecule has 0 amide bonds. The molecule has 0 saturated heterocycles. The predicted octanol–water partition coefficient (Wildman–Crippen LogP) is 1.64. The maximum atomic E-state index is 12.3. The van der Waals surface area contributed by atoms with Gasteiger partial charge in [-0.05, 0) is 48.9 Å². The van der Waals surface area contributed by atoms with Gasteiger partial charge in [-0.3, -0.25) is 4.79 Å². The molecule has 0 spiro atoms. The number of carbonyl (C=O) groups is 1. The third kappa shape index (κ3) is 7.90. The molecule has 3 aromatic rings. The second kappa shape index (κ2) is 13.4. The number of halogens is 1. The molecule has 1 atom stereocenters. The van der Waals surface area contributed by atoms with Gasteiger partial charge in [-0.25, -0.2) is 0 Å².